The van der Waals surface area contributed by atoms with Gasteiger partial charge >= 0.3 is 0 Å². The fourth-order valence-electron chi connectivity index (χ4n) is 6.14. The predicted molar refractivity (Wildman–Crippen MR) is 109 cm³/mol. The molecule has 3 fully saturated rings. The van der Waals surface area contributed by atoms with Gasteiger partial charge in [-0.3, -0.25) is 29.4 Å². The number of fused-ring (bicyclic) bond motifs is 7. The van der Waals surface area contributed by atoms with E-state index in [2.05, 4.69) is 10.2 Å². The summed E-state index contributed by atoms with van der Waals surface area (Å²) in [5.41, 5.74) is 0.385. The monoisotopic (exact) mass is 418 g/mol. The minimum atomic E-state index is -1.20. The highest BCUT2D eigenvalue weighted by molar-refractivity contribution is 6.25. The van der Waals surface area contributed by atoms with Crippen LogP contribution in [0.3, 0.4) is 0 Å². The van der Waals surface area contributed by atoms with Crippen LogP contribution in [0.1, 0.15) is 18.4 Å². The number of nitrogens with zero attached hydrogens (tertiary/aromatic N) is 3. The molecule has 2 aromatic carbocycles. The molecule has 0 unspecified atom stereocenters. The lowest BCUT2D eigenvalue weighted by Gasteiger charge is -2.36. The van der Waals surface area contributed by atoms with Gasteiger partial charge in [0.15, 0.2) is 0 Å². The number of amides is 3. The van der Waals surface area contributed by atoms with Crippen LogP contribution in [0.5, 0.6) is 0 Å². The summed E-state index contributed by atoms with van der Waals surface area (Å²) in [6.45, 7) is 0.650. The molecule has 9 nitrogen and oxygen atoms in total. The van der Waals surface area contributed by atoms with Crippen molar-refractivity contribution in [3.63, 3.8) is 0 Å². The van der Waals surface area contributed by atoms with E-state index in [0.717, 1.165) is 23.3 Å². The van der Waals surface area contributed by atoms with Crippen LogP contribution in [-0.2, 0) is 19.9 Å². The molecule has 156 valence electrons. The average Bonchev–Trinajstić information content (AvgIpc) is 3.46. The van der Waals surface area contributed by atoms with E-state index in [1.807, 2.05) is 24.3 Å². The normalized spacial score (nSPS) is 31.2. The number of carbonyl (C=O) groups is 3. The molecule has 1 N–H and O–H groups in total. The highest BCUT2D eigenvalue weighted by Gasteiger charge is 2.74. The summed E-state index contributed by atoms with van der Waals surface area (Å²) in [7, 11) is 0. The first kappa shape index (κ1) is 18.2. The molecule has 31 heavy (non-hydrogen) atoms. The van der Waals surface area contributed by atoms with E-state index in [0.29, 0.717) is 17.9 Å². The minimum absolute atomic E-state index is 0.120. The van der Waals surface area contributed by atoms with Gasteiger partial charge in [0, 0.05) is 29.4 Å². The number of non-ortho nitro benzene ring substituents is 1. The van der Waals surface area contributed by atoms with E-state index in [1.165, 1.54) is 24.3 Å². The van der Waals surface area contributed by atoms with Gasteiger partial charge in [0.05, 0.1) is 22.4 Å². The smallest absolute Gasteiger partial charge is 0.269 e. The Morgan fingerprint density at radius 3 is 2.52 bits per heavy atom. The zero-order valence-electron chi connectivity index (χ0n) is 16.4. The number of nitro groups is 1. The molecular formula is C22H18N4O5. The number of hydrogen-bond acceptors (Lipinski definition) is 6. The Bertz CT molecular complexity index is 1180. The van der Waals surface area contributed by atoms with E-state index in [-0.39, 0.29) is 23.5 Å². The zero-order valence-corrected chi connectivity index (χ0v) is 16.4. The highest BCUT2D eigenvalue weighted by atomic mass is 16.6. The summed E-state index contributed by atoms with van der Waals surface area (Å²) in [6.07, 6.45) is 1.59. The first-order valence-corrected chi connectivity index (χ1v) is 10.3. The van der Waals surface area contributed by atoms with E-state index in [1.54, 1.807) is 0 Å². The van der Waals surface area contributed by atoms with Crippen molar-refractivity contribution < 1.29 is 19.3 Å². The van der Waals surface area contributed by atoms with Crippen molar-refractivity contribution in [2.75, 3.05) is 16.8 Å². The maximum absolute atomic E-state index is 13.7. The fraction of sp³-hybridized carbons (Fsp3) is 0.318. The Hall–Kier alpha value is -3.59. The molecule has 0 aliphatic carbocycles. The van der Waals surface area contributed by atoms with Gasteiger partial charge in [-0.2, -0.15) is 0 Å². The fourth-order valence-corrected chi connectivity index (χ4v) is 6.14. The van der Waals surface area contributed by atoms with Gasteiger partial charge in [-0.05, 0) is 37.6 Å². The largest absolute Gasteiger partial charge is 0.324 e. The number of nitrogens with one attached hydrogen (secondary N) is 1. The molecule has 4 heterocycles. The molecule has 4 aliphatic heterocycles. The summed E-state index contributed by atoms with van der Waals surface area (Å²) in [5.74, 6) is -2.48. The van der Waals surface area contributed by atoms with Gasteiger partial charge in [0.25, 0.3) is 5.69 Å². The van der Waals surface area contributed by atoms with Gasteiger partial charge in [0.2, 0.25) is 17.7 Å². The number of benzene rings is 2. The Morgan fingerprint density at radius 2 is 1.77 bits per heavy atom. The first-order valence-electron chi connectivity index (χ1n) is 10.3. The van der Waals surface area contributed by atoms with Crippen molar-refractivity contribution in [2.45, 2.75) is 24.4 Å². The topological polar surface area (TPSA) is 113 Å². The number of para-hydroxylation sites is 1. The molecule has 0 saturated carbocycles. The third-order valence-electron chi connectivity index (χ3n) is 7.22. The Kier molecular flexibility index (Phi) is 3.51. The number of rotatable bonds is 2. The lowest BCUT2D eigenvalue weighted by molar-refractivity contribution is -0.384. The molecule has 0 aromatic heterocycles. The van der Waals surface area contributed by atoms with Gasteiger partial charge in [0.1, 0.15) is 5.54 Å². The summed E-state index contributed by atoms with van der Waals surface area (Å²) < 4.78 is 0. The number of hydrogen-bond donors (Lipinski definition) is 1. The second-order valence-electron chi connectivity index (χ2n) is 8.46. The summed E-state index contributed by atoms with van der Waals surface area (Å²) in [4.78, 5) is 54.3. The second kappa shape index (κ2) is 5.98. The standard InChI is InChI=1S/C22H18N4O5/c27-19-17-16-6-3-11-24(16)22(14-4-1-2-5-15(14)23-21(22)29)18(17)20(28)25(19)12-7-9-13(10-8-12)26(30)31/h1-2,4-5,7-10,16-18H,3,6,11H2,(H,23,29)/t16-,17+,18+,22-/m0/s1. The third kappa shape index (κ3) is 2.06. The summed E-state index contributed by atoms with van der Waals surface area (Å²) in [5, 5.41) is 13.9. The van der Waals surface area contributed by atoms with Gasteiger partial charge in [-0.1, -0.05) is 18.2 Å². The molecule has 0 bridgehead atoms. The Morgan fingerprint density at radius 1 is 1.03 bits per heavy atom. The van der Waals surface area contributed by atoms with Crippen LogP contribution in [0, 0.1) is 22.0 Å². The lowest BCUT2D eigenvalue weighted by Crippen LogP contribution is -2.54. The van der Waals surface area contributed by atoms with Crippen LogP contribution < -0.4 is 10.2 Å². The third-order valence-corrected chi connectivity index (χ3v) is 7.22. The lowest BCUT2D eigenvalue weighted by atomic mass is 9.75. The zero-order chi connectivity index (χ0) is 21.5. The van der Waals surface area contributed by atoms with Crippen LogP contribution >= 0.6 is 0 Å². The van der Waals surface area contributed by atoms with Crippen molar-refractivity contribution in [2.24, 2.45) is 11.8 Å². The molecule has 1 spiro atoms. The van der Waals surface area contributed by atoms with Crippen molar-refractivity contribution in [1.82, 2.24) is 4.90 Å². The second-order valence-corrected chi connectivity index (χ2v) is 8.46. The average molecular weight is 418 g/mol. The van der Waals surface area contributed by atoms with Gasteiger partial charge < -0.3 is 5.32 Å². The molecule has 9 heteroatoms. The number of anilines is 2. The van der Waals surface area contributed by atoms with E-state index in [9.17, 15) is 24.5 Å². The van der Waals surface area contributed by atoms with Crippen molar-refractivity contribution in [3.05, 3.63) is 64.2 Å². The maximum Gasteiger partial charge on any atom is 0.269 e. The van der Waals surface area contributed by atoms with E-state index < -0.39 is 28.2 Å². The van der Waals surface area contributed by atoms with E-state index in [4.69, 9.17) is 0 Å². The quantitative estimate of drug-likeness (QED) is 0.454. The van der Waals surface area contributed by atoms with E-state index >= 15 is 0 Å². The molecule has 0 radical (unpaired) electrons. The molecule has 4 atom stereocenters. The Labute approximate surface area is 176 Å². The first-order chi connectivity index (χ1) is 15.0. The number of nitro benzene ring substituents is 1. The summed E-state index contributed by atoms with van der Waals surface area (Å²) in [6, 6.07) is 12.5. The van der Waals surface area contributed by atoms with Crippen LogP contribution in [-0.4, -0.2) is 40.1 Å². The molecule has 6 rings (SSSR count). The molecular weight excluding hydrogens is 400 g/mol. The van der Waals surface area contributed by atoms with Crippen LogP contribution in [0.4, 0.5) is 17.1 Å². The SMILES string of the molecule is O=C1[C@@H]2[C@@H]3CCCN3[C@]3(C(=O)Nc4ccccc43)[C@H]2C(=O)N1c1ccc([N+](=O)[O-])cc1. The maximum atomic E-state index is 13.7. The van der Waals surface area contributed by atoms with Gasteiger partial charge in [-0.25, -0.2) is 4.90 Å². The molecule has 3 amide bonds. The highest BCUT2D eigenvalue weighted by Crippen LogP contribution is 2.60. The molecule has 3 saturated heterocycles. The molecule has 4 aliphatic rings. The van der Waals surface area contributed by atoms with Crippen molar-refractivity contribution >= 4 is 34.8 Å². The van der Waals surface area contributed by atoms with Crippen molar-refractivity contribution in [1.29, 1.82) is 0 Å². The Balaban J connectivity index is 1.50. The van der Waals surface area contributed by atoms with Gasteiger partial charge in [-0.15, -0.1) is 0 Å². The van der Waals surface area contributed by atoms with Crippen LogP contribution in [0.15, 0.2) is 48.5 Å². The van der Waals surface area contributed by atoms with Crippen molar-refractivity contribution in [3.8, 4) is 0 Å². The predicted octanol–water partition coefficient (Wildman–Crippen LogP) is 2.03. The summed E-state index contributed by atoms with van der Waals surface area (Å²) >= 11 is 0. The molecule has 2 aromatic rings. The van der Waals surface area contributed by atoms with Crippen LogP contribution in [0.25, 0.3) is 0 Å². The number of carbonyl (C=O) groups excluding carboxylic acids is 3. The number of imide groups is 1. The minimum Gasteiger partial charge on any atom is -0.324 e. The van der Waals surface area contributed by atoms with Crippen LogP contribution in [0.2, 0.25) is 0 Å².